The summed E-state index contributed by atoms with van der Waals surface area (Å²) in [4.78, 5) is 2.49. The van der Waals surface area contributed by atoms with Gasteiger partial charge in [-0.2, -0.15) is 5.10 Å². The highest BCUT2D eigenvalue weighted by Gasteiger charge is 2.17. The fraction of sp³-hybridized carbons (Fsp3) is 0.727. The van der Waals surface area contributed by atoms with Gasteiger partial charge < -0.3 is 5.73 Å². The lowest BCUT2D eigenvalue weighted by atomic mass is 10.0. The van der Waals surface area contributed by atoms with Gasteiger partial charge >= 0.3 is 0 Å². The molecular weight excluding hydrogens is 188 g/mol. The van der Waals surface area contributed by atoms with E-state index in [1.54, 1.807) is 0 Å². The molecule has 0 aliphatic carbocycles. The molecule has 84 valence electrons. The SMILES string of the molecule is C[C@@H]1CCCN(Cc2cc(N)nn2C)C1. The van der Waals surface area contributed by atoms with Crippen LogP contribution in [0.15, 0.2) is 6.07 Å². The van der Waals surface area contributed by atoms with E-state index in [4.69, 9.17) is 5.73 Å². The fourth-order valence-electron chi connectivity index (χ4n) is 2.34. The minimum Gasteiger partial charge on any atom is -0.382 e. The van der Waals surface area contributed by atoms with Gasteiger partial charge in [0.1, 0.15) is 5.82 Å². The number of hydrogen-bond acceptors (Lipinski definition) is 3. The highest BCUT2D eigenvalue weighted by Crippen LogP contribution is 2.18. The molecule has 0 saturated carbocycles. The van der Waals surface area contributed by atoms with Gasteiger partial charge in [0.15, 0.2) is 0 Å². The van der Waals surface area contributed by atoms with Gasteiger partial charge in [-0.25, -0.2) is 0 Å². The third kappa shape index (κ3) is 2.50. The summed E-state index contributed by atoms with van der Waals surface area (Å²) in [5.74, 6) is 1.45. The molecule has 2 heterocycles. The van der Waals surface area contributed by atoms with Crippen molar-refractivity contribution in [2.24, 2.45) is 13.0 Å². The molecule has 1 atom stereocenters. The van der Waals surface area contributed by atoms with Gasteiger partial charge in [0, 0.05) is 26.2 Å². The first-order chi connectivity index (χ1) is 7.15. The van der Waals surface area contributed by atoms with Gasteiger partial charge in [0.05, 0.1) is 5.69 Å². The van der Waals surface area contributed by atoms with E-state index in [0.29, 0.717) is 5.82 Å². The van der Waals surface area contributed by atoms with Gasteiger partial charge in [-0.3, -0.25) is 9.58 Å². The monoisotopic (exact) mass is 208 g/mol. The molecule has 1 aromatic heterocycles. The second-order valence-electron chi connectivity index (χ2n) is 4.67. The standard InChI is InChI=1S/C11H20N4/c1-9-4-3-5-15(7-9)8-10-6-11(12)13-14(10)2/h6,9H,3-5,7-8H2,1-2H3,(H2,12,13)/t9-/m1/s1. The molecule has 4 heteroatoms. The summed E-state index contributed by atoms with van der Waals surface area (Å²) >= 11 is 0. The van der Waals surface area contributed by atoms with E-state index in [9.17, 15) is 0 Å². The quantitative estimate of drug-likeness (QED) is 0.795. The van der Waals surface area contributed by atoms with Crippen LogP contribution in [0.4, 0.5) is 5.82 Å². The Morgan fingerprint density at radius 3 is 3.00 bits per heavy atom. The lowest BCUT2D eigenvalue weighted by molar-refractivity contribution is 0.173. The predicted octanol–water partition coefficient (Wildman–Crippen LogP) is 1.23. The minimum atomic E-state index is 0.623. The van der Waals surface area contributed by atoms with Crippen molar-refractivity contribution >= 4 is 5.82 Å². The molecule has 2 N–H and O–H groups in total. The topological polar surface area (TPSA) is 47.1 Å². The summed E-state index contributed by atoms with van der Waals surface area (Å²) < 4.78 is 1.88. The zero-order valence-corrected chi connectivity index (χ0v) is 9.61. The van der Waals surface area contributed by atoms with Crippen LogP contribution in [0.5, 0.6) is 0 Å². The van der Waals surface area contributed by atoms with Crippen molar-refractivity contribution in [3.63, 3.8) is 0 Å². The van der Waals surface area contributed by atoms with E-state index in [1.165, 1.54) is 31.6 Å². The number of nitrogens with two attached hydrogens (primary N) is 1. The summed E-state index contributed by atoms with van der Waals surface area (Å²) in [5, 5.41) is 4.16. The Kier molecular flexibility index (Phi) is 2.95. The third-order valence-corrected chi connectivity index (χ3v) is 3.12. The molecule has 2 rings (SSSR count). The van der Waals surface area contributed by atoms with Crippen LogP contribution in [-0.2, 0) is 13.6 Å². The maximum atomic E-state index is 5.66. The van der Waals surface area contributed by atoms with Crippen LogP contribution >= 0.6 is 0 Å². The van der Waals surface area contributed by atoms with E-state index in [0.717, 1.165) is 12.5 Å². The smallest absolute Gasteiger partial charge is 0.145 e. The maximum absolute atomic E-state index is 5.66. The number of piperidine rings is 1. The Morgan fingerprint density at radius 2 is 2.40 bits per heavy atom. The lowest BCUT2D eigenvalue weighted by Gasteiger charge is -2.30. The van der Waals surface area contributed by atoms with E-state index in [2.05, 4.69) is 16.9 Å². The molecule has 0 amide bonds. The molecule has 0 spiro atoms. The largest absolute Gasteiger partial charge is 0.382 e. The Bertz CT molecular complexity index is 331. The van der Waals surface area contributed by atoms with Crippen LogP contribution in [0.1, 0.15) is 25.5 Å². The van der Waals surface area contributed by atoms with E-state index < -0.39 is 0 Å². The maximum Gasteiger partial charge on any atom is 0.145 e. The van der Waals surface area contributed by atoms with Gasteiger partial charge in [-0.05, 0) is 25.3 Å². The summed E-state index contributed by atoms with van der Waals surface area (Å²) in [5.41, 5.74) is 6.87. The van der Waals surface area contributed by atoms with Crippen molar-refractivity contribution in [1.29, 1.82) is 0 Å². The molecule has 1 aliphatic rings. The zero-order valence-electron chi connectivity index (χ0n) is 9.61. The van der Waals surface area contributed by atoms with E-state index >= 15 is 0 Å². The molecule has 1 aliphatic heterocycles. The van der Waals surface area contributed by atoms with Gasteiger partial charge in [0.2, 0.25) is 0 Å². The van der Waals surface area contributed by atoms with Crippen molar-refractivity contribution in [1.82, 2.24) is 14.7 Å². The number of rotatable bonds is 2. The molecule has 0 bridgehead atoms. The molecule has 1 saturated heterocycles. The zero-order chi connectivity index (χ0) is 10.8. The van der Waals surface area contributed by atoms with Crippen LogP contribution < -0.4 is 5.73 Å². The minimum absolute atomic E-state index is 0.623. The molecule has 1 fully saturated rings. The second kappa shape index (κ2) is 4.23. The third-order valence-electron chi connectivity index (χ3n) is 3.12. The fourth-order valence-corrected chi connectivity index (χ4v) is 2.34. The van der Waals surface area contributed by atoms with Crippen molar-refractivity contribution in [3.8, 4) is 0 Å². The highest BCUT2D eigenvalue weighted by molar-refractivity contribution is 5.29. The highest BCUT2D eigenvalue weighted by atomic mass is 15.3. The predicted molar refractivity (Wildman–Crippen MR) is 61.3 cm³/mol. The summed E-state index contributed by atoms with van der Waals surface area (Å²) in [6.45, 7) is 5.70. The Balaban J connectivity index is 1.99. The van der Waals surface area contributed by atoms with Gasteiger partial charge in [-0.15, -0.1) is 0 Å². The first kappa shape index (κ1) is 10.5. The number of anilines is 1. The van der Waals surface area contributed by atoms with Crippen molar-refractivity contribution in [2.75, 3.05) is 18.8 Å². The van der Waals surface area contributed by atoms with Gasteiger partial charge in [-0.1, -0.05) is 6.92 Å². The number of aryl methyl sites for hydroxylation is 1. The average Bonchev–Trinajstić information content (AvgIpc) is 2.45. The first-order valence-corrected chi connectivity index (χ1v) is 5.66. The number of nitrogens with zero attached hydrogens (tertiary/aromatic N) is 3. The number of aromatic nitrogens is 2. The Labute approximate surface area is 91.1 Å². The molecule has 0 unspecified atom stereocenters. The molecule has 0 radical (unpaired) electrons. The lowest BCUT2D eigenvalue weighted by Crippen LogP contribution is -2.34. The number of nitrogen functional groups attached to an aromatic ring is 1. The summed E-state index contributed by atoms with van der Waals surface area (Å²) in [6.07, 6.45) is 2.68. The molecule has 1 aromatic rings. The van der Waals surface area contributed by atoms with Crippen molar-refractivity contribution in [2.45, 2.75) is 26.3 Å². The molecule has 4 nitrogen and oxygen atoms in total. The molecule has 0 aromatic carbocycles. The van der Waals surface area contributed by atoms with Crippen LogP contribution in [0.2, 0.25) is 0 Å². The number of likely N-dealkylation sites (tertiary alicyclic amines) is 1. The van der Waals surface area contributed by atoms with Crippen molar-refractivity contribution < 1.29 is 0 Å². The first-order valence-electron chi connectivity index (χ1n) is 5.66. The van der Waals surface area contributed by atoms with Crippen LogP contribution in [0.25, 0.3) is 0 Å². The average molecular weight is 208 g/mol. The number of hydrogen-bond donors (Lipinski definition) is 1. The normalized spacial score (nSPS) is 23.2. The van der Waals surface area contributed by atoms with E-state index in [1.807, 2.05) is 17.8 Å². The van der Waals surface area contributed by atoms with Crippen molar-refractivity contribution in [3.05, 3.63) is 11.8 Å². The molecule has 15 heavy (non-hydrogen) atoms. The van der Waals surface area contributed by atoms with Crippen LogP contribution in [-0.4, -0.2) is 27.8 Å². The summed E-state index contributed by atoms with van der Waals surface area (Å²) in [7, 11) is 1.96. The second-order valence-corrected chi connectivity index (χ2v) is 4.67. The van der Waals surface area contributed by atoms with Crippen LogP contribution in [0, 0.1) is 5.92 Å². The van der Waals surface area contributed by atoms with Gasteiger partial charge in [0.25, 0.3) is 0 Å². The van der Waals surface area contributed by atoms with Crippen LogP contribution in [0.3, 0.4) is 0 Å². The summed E-state index contributed by atoms with van der Waals surface area (Å²) in [6, 6.07) is 1.97. The Morgan fingerprint density at radius 1 is 1.60 bits per heavy atom. The van der Waals surface area contributed by atoms with E-state index in [-0.39, 0.29) is 0 Å². The molecular formula is C11H20N4. The Hall–Kier alpha value is -1.03.